The Labute approximate surface area is 183 Å². The summed E-state index contributed by atoms with van der Waals surface area (Å²) in [5.41, 5.74) is 3.71. The van der Waals surface area contributed by atoms with E-state index < -0.39 is 15.9 Å². The maximum atomic E-state index is 13.1. The van der Waals surface area contributed by atoms with Gasteiger partial charge >= 0.3 is 0 Å². The number of anilines is 1. The van der Waals surface area contributed by atoms with Crippen molar-refractivity contribution in [2.24, 2.45) is 0 Å². The molecule has 4 rings (SSSR count). The van der Waals surface area contributed by atoms with Gasteiger partial charge in [0.05, 0.1) is 4.90 Å². The molecule has 1 aliphatic rings. The third-order valence-corrected chi connectivity index (χ3v) is 8.03. The fourth-order valence-electron chi connectivity index (χ4n) is 4.09. The smallest absolute Gasteiger partial charge is 0.291 e. The van der Waals surface area contributed by atoms with Crippen LogP contribution < -0.4 is 5.32 Å². The highest BCUT2D eigenvalue weighted by molar-refractivity contribution is 7.89. The Hall–Kier alpha value is -2.64. The van der Waals surface area contributed by atoms with Crippen LogP contribution in [0.2, 0.25) is 0 Å². The zero-order chi connectivity index (χ0) is 22.2. The van der Waals surface area contributed by atoms with Gasteiger partial charge in [-0.25, -0.2) is 8.42 Å². The fourth-order valence-corrected chi connectivity index (χ4v) is 5.86. The molecule has 1 fully saturated rings. The predicted octanol–water partition coefficient (Wildman–Crippen LogP) is 5.04. The van der Waals surface area contributed by atoms with E-state index in [4.69, 9.17) is 4.42 Å². The Morgan fingerprint density at radius 3 is 2.52 bits per heavy atom. The van der Waals surface area contributed by atoms with E-state index >= 15 is 0 Å². The molecule has 0 unspecified atom stereocenters. The van der Waals surface area contributed by atoms with Gasteiger partial charge in [0.1, 0.15) is 5.58 Å². The molecule has 0 bridgehead atoms. The number of benzene rings is 2. The molecule has 1 N–H and O–H groups in total. The molecule has 3 aromatic rings. The summed E-state index contributed by atoms with van der Waals surface area (Å²) in [4.78, 5) is 13.2. The number of fused-ring (bicyclic) bond motifs is 1. The van der Waals surface area contributed by atoms with E-state index in [1.165, 1.54) is 5.56 Å². The fraction of sp³-hybridized carbons (Fsp3) is 0.375. The van der Waals surface area contributed by atoms with Crippen molar-refractivity contribution in [3.8, 4) is 0 Å². The predicted molar refractivity (Wildman–Crippen MR) is 122 cm³/mol. The van der Waals surface area contributed by atoms with Crippen molar-refractivity contribution in [2.75, 3.05) is 18.4 Å². The highest BCUT2D eigenvalue weighted by Crippen LogP contribution is 2.29. The molecule has 2 heterocycles. The van der Waals surface area contributed by atoms with Crippen molar-refractivity contribution in [1.82, 2.24) is 4.31 Å². The molecule has 164 valence electrons. The van der Waals surface area contributed by atoms with Crippen LogP contribution in [-0.4, -0.2) is 31.7 Å². The average Bonchev–Trinajstić information content (AvgIpc) is 3.11. The zero-order valence-electron chi connectivity index (χ0n) is 18.2. The van der Waals surface area contributed by atoms with E-state index in [1.807, 2.05) is 25.1 Å². The van der Waals surface area contributed by atoms with Crippen LogP contribution in [0.3, 0.4) is 0 Å². The van der Waals surface area contributed by atoms with Crippen molar-refractivity contribution in [3.05, 3.63) is 58.8 Å². The lowest BCUT2D eigenvalue weighted by molar-refractivity contribution is 0.0998. The summed E-state index contributed by atoms with van der Waals surface area (Å²) < 4.78 is 33.6. The molecule has 0 spiro atoms. The molecule has 1 saturated heterocycles. The maximum absolute atomic E-state index is 13.1. The summed E-state index contributed by atoms with van der Waals surface area (Å²) in [5, 5.41) is 3.73. The summed E-state index contributed by atoms with van der Waals surface area (Å²) in [7, 11) is -3.59. The number of sulfonamides is 1. The third-order valence-electron chi connectivity index (χ3n) is 5.99. The van der Waals surface area contributed by atoms with Crippen molar-refractivity contribution < 1.29 is 17.6 Å². The number of hydrogen-bond donors (Lipinski definition) is 1. The Bertz CT molecular complexity index is 1240. The van der Waals surface area contributed by atoms with E-state index in [0.717, 1.165) is 36.6 Å². The topological polar surface area (TPSA) is 79.6 Å². The summed E-state index contributed by atoms with van der Waals surface area (Å²) in [6.45, 7) is 6.79. The van der Waals surface area contributed by atoms with Crippen molar-refractivity contribution in [3.63, 3.8) is 0 Å². The normalized spacial score (nSPS) is 15.3. The Kier molecular flexibility index (Phi) is 5.90. The molecule has 0 atom stereocenters. The first-order valence-corrected chi connectivity index (χ1v) is 12.2. The van der Waals surface area contributed by atoms with Gasteiger partial charge in [-0.3, -0.25) is 4.79 Å². The zero-order valence-corrected chi connectivity index (χ0v) is 19.0. The molecule has 0 saturated carbocycles. The van der Waals surface area contributed by atoms with Gasteiger partial charge in [-0.05, 0) is 68.5 Å². The first-order chi connectivity index (χ1) is 14.8. The van der Waals surface area contributed by atoms with Crippen LogP contribution in [0.1, 0.15) is 53.4 Å². The minimum atomic E-state index is -3.59. The van der Waals surface area contributed by atoms with E-state index in [2.05, 4.69) is 12.2 Å². The average molecular weight is 441 g/mol. The van der Waals surface area contributed by atoms with Crippen molar-refractivity contribution in [2.45, 2.75) is 51.3 Å². The van der Waals surface area contributed by atoms with Crippen LogP contribution in [0, 0.1) is 13.8 Å². The largest absolute Gasteiger partial charge is 0.451 e. The van der Waals surface area contributed by atoms with Crippen LogP contribution in [0.5, 0.6) is 0 Å². The molecule has 7 heteroatoms. The quantitative estimate of drug-likeness (QED) is 0.603. The molecule has 1 aliphatic heterocycles. The second-order valence-electron chi connectivity index (χ2n) is 8.14. The Morgan fingerprint density at radius 1 is 1.06 bits per heavy atom. The lowest BCUT2D eigenvalue weighted by Gasteiger charge is -2.26. The highest BCUT2D eigenvalue weighted by atomic mass is 32.2. The van der Waals surface area contributed by atoms with Crippen LogP contribution in [0.4, 0.5) is 5.69 Å². The second kappa shape index (κ2) is 8.48. The van der Waals surface area contributed by atoms with Crippen LogP contribution in [0.15, 0.2) is 45.7 Å². The first-order valence-electron chi connectivity index (χ1n) is 10.8. The van der Waals surface area contributed by atoms with E-state index in [0.29, 0.717) is 29.9 Å². The Balaban J connectivity index is 1.63. The number of piperidine rings is 1. The van der Waals surface area contributed by atoms with Crippen LogP contribution in [0.25, 0.3) is 11.0 Å². The number of carbonyl (C=O) groups is 1. The van der Waals surface area contributed by atoms with Gasteiger partial charge in [0.25, 0.3) is 5.91 Å². The highest BCUT2D eigenvalue weighted by Gasteiger charge is 2.28. The molecule has 1 aromatic heterocycles. The molecule has 6 nitrogen and oxygen atoms in total. The summed E-state index contributed by atoms with van der Waals surface area (Å²) in [6.07, 6.45) is 3.71. The molecule has 0 radical (unpaired) electrons. The monoisotopic (exact) mass is 440 g/mol. The number of nitrogens with one attached hydrogen (secondary N) is 1. The third kappa shape index (κ3) is 4.12. The van der Waals surface area contributed by atoms with Gasteiger partial charge in [0.15, 0.2) is 5.76 Å². The van der Waals surface area contributed by atoms with Gasteiger partial charge in [0.2, 0.25) is 10.0 Å². The molecular weight excluding hydrogens is 412 g/mol. The summed E-state index contributed by atoms with van der Waals surface area (Å²) in [6, 6.07) is 10.9. The second-order valence-corrected chi connectivity index (χ2v) is 10.0. The van der Waals surface area contributed by atoms with Crippen LogP contribution >= 0.6 is 0 Å². The Morgan fingerprint density at radius 2 is 1.81 bits per heavy atom. The molecular formula is C24H28N2O4S. The number of aryl methyl sites for hydroxylation is 3. The molecule has 2 aromatic carbocycles. The number of amides is 1. The lowest BCUT2D eigenvalue weighted by atomic mass is 10.1. The SMILES string of the molecule is CCc1ccc2oc(C(=O)Nc3ccc(C)c(S(=O)(=O)N4CCCCC4)c3)c(C)c2c1. The minimum absolute atomic E-state index is 0.237. The van der Waals surface area contributed by atoms with Gasteiger partial charge in [-0.15, -0.1) is 0 Å². The number of nitrogens with zero attached hydrogens (tertiary/aromatic N) is 1. The lowest BCUT2D eigenvalue weighted by Crippen LogP contribution is -2.36. The number of hydrogen-bond acceptors (Lipinski definition) is 4. The van der Waals surface area contributed by atoms with Gasteiger partial charge in [-0.1, -0.05) is 25.5 Å². The van der Waals surface area contributed by atoms with Gasteiger partial charge in [0, 0.05) is 29.7 Å². The van der Waals surface area contributed by atoms with E-state index in [-0.39, 0.29) is 10.7 Å². The minimum Gasteiger partial charge on any atom is -0.451 e. The first kappa shape index (κ1) is 21.6. The summed E-state index contributed by atoms with van der Waals surface area (Å²) >= 11 is 0. The standard InChI is InChI=1S/C24H28N2O4S/c1-4-18-9-11-21-20(14-18)17(3)23(30-21)24(27)25-19-10-8-16(2)22(15-19)31(28,29)26-12-6-5-7-13-26/h8-11,14-15H,4-7,12-13H2,1-3H3,(H,25,27). The summed E-state index contributed by atoms with van der Waals surface area (Å²) in [5.74, 6) is -0.152. The number of carbonyl (C=O) groups excluding carboxylic acids is 1. The van der Waals surface area contributed by atoms with E-state index in [9.17, 15) is 13.2 Å². The van der Waals surface area contributed by atoms with Crippen LogP contribution in [-0.2, 0) is 16.4 Å². The van der Waals surface area contributed by atoms with Gasteiger partial charge in [-0.2, -0.15) is 4.31 Å². The molecule has 1 amide bonds. The molecule has 31 heavy (non-hydrogen) atoms. The number of rotatable bonds is 5. The van der Waals surface area contributed by atoms with E-state index in [1.54, 1.807) is 29.4 Å². The number of furan rings is 1. The molecule has 0 aliphatic carbocycles. The van der Waals surface area contributed by atoms with Crippen molar-refractivity contribution >= 4 is 32.6 Å². The maximum Gasteiger partial charge on any atom is 0.291 e. The van der Waals surface area contributed by atoms with Gasteiger partial charge < -0.3 is 9.73 Å². The van der Waals surface area contributed by atoms with Crippen molar-refractivity contribution in [1.29, 1.82) is 0 Å².